The molecule has 0 amide bonds. The van der Waals surface area contributed by atoms with E-state index in [1.807, 2.05) is 6.92 Å². The van der Waals surface area contributed by atoms with Gasteiger partial charge in [0.15, 0.2) is 0 Å². The molecule has 0 fully saturated rings. The quantitative estimate of drug-likeness (QED) is 0.119. The summed E-state index contributed by atoms with van der Waals surface area (Å²) >= 11 is 0. The monoisotopic (exact) mass is 761 g/mol. The van der Waals surface area contributed by atoms with E-state index in [0.717, 1.165) is 0 Å². The molecule has 0 spiro atoms. The molecule has 212 valence electrons. The Bertz CT molecular complexity index is 1220. The molecular weight excluding hydrogens is 725 g/mol. The van der Waals surface area contributed by atoms with E-state index >= 15 is 0 Å². The number of benzene rings is 6. The summed E-state index contributed by atoms with van der Waals surface area (Å²) in [4.78, 5) is 0. The van der Waals surface area contributed by atoms with Crippen LogP contribution in [0.3, 0.4) is 0 Å². The SMILES string of the molecule is C=CC.[Pt].c1ccc(P(c2ccccc2)c2ccccc2)cc1.c1ccc(P(c2ccccc2)c2ccccc2)cc1. The van der Waals surface area contributed by atoms with Gasteiger partial charge in [-0.05, 0) is 54.6 Å². The van der Waals surface area contributed by atoms with E-state index in [1.165, 1.54) is 31.8 Å². The van der Waals surface area contributed by atoms with E-state index in [2.05, 4.69) is 189 Å². The Labute approximate surface area is 269 Å². The van der Waals surface area contributed by atoms with Crippen LogP contribution in [0.5, 0.6) is 0 Å². The van der Waals surface area contributed by atoms with Crippen molar-refractivity contribution in [2.75, 3.05) is 0 Å². The molecule has 0 saturated heterocycles. The minimum atomic E-state index is -0.446. The maximum Gasteiger partial charge on any atom is 0 e. The molecule has 0 heterocycles. The van der Waals surface area contributed by atoms with Crippen LogP contribution in [0, 0.1) is 0 Å². The van der Waals surface area contributed by atoms with Gasteiger partial charge in [-0.15, -0.1) is 6.58 Å². The second-order valence-corrected chi connectivity index (χ2v) is 13.5. The molecule has 6 aromatic rings. The fraction of sp³-hybridized carbons (Fsp3) is 0.0256. The third-order valence-electron chi connectivity index (χ3n) is 6.09. The van der Waals surface area contributed by atoms with Gasteiger partial charge in [-0.2, -0.15) is 0 Å². The van der Waals surface area contributed by atoms with Crippen LogP contribution in [0.1, 0.15) is 6.92 Å². The first-order chi connectivity index (χ1) is 20.3. The maximum atomic E-state index is 3.36. The summed E-state index contributed by atoms with van der Waals surface area (Å²) in [6.45, 7) is 5.25. The zero-order chi connectivity index (χ0) is 28.5. The Morgan fingerprint density at radius 3 is 0.571 bits per heavy atom. The van der Waals surface area contributed by atoms with Gasteiger partial charge >= 0.3 is 0 Å². The first kappa shape index (κ1) is 33.1. The summed E-state index contributed by atoms with van der Waals surface area (Å²) in [6, 6.07) is 64.7. The van der Waals surface area contributed by atoms with E-state index in [-0.39, 0.29) is 21.1 Å². The van der Waals surface area contributed by atoms with Gasteiger partial charge < -0.3 is 0 Å². The molecule has 3 heteroatoms. The van der Waals surface area contributed by atoms with Crippen molar-refractivity contribution in [3.05, 3.63) is 195 Å². The van der Waals surface area contributed by atoms with Crippen molar-refractivity contribution in [3.8, 4) is 0 Å². The maximum absolute atomic E-state index is 3.36. The number of hydrogen-bond acceptors (Lipinski definition) is 0. The number of hydrogen-bond donors (Lipinski definition) is 0. The van der Waals surface area contributed by atoms with E-state index in [0.29, 0.717) is 0 Å². The minimum Gasteiger partial charge on any atom is -0.103 e. The molecule has 0 N–H and O–H groups in total. The molecule has 0 saturated carbocycles. The molecule has 0 nitrogen and oxygen atoms in total. The van der Waals surface area contributed by atoms with E-state index < -0.39 is 15.8 Å². The second-order valence-electron chi connectivity index (χ2n) is 9.09. The van der Waals surface area contributed by atoms with Gasteiger partial charge in [-0.3, -0.25) is 0 Å². The molecule has 0 aliphatic carbocycles. The molecule has 0 aromatic heterocycles. The predicted octanol–water partition coefficient (Wildman–Crippen LogP) is 8.08. The third kappa shape index (κ3) is 9.86. The van der Waals surface area contributed by atoms with Crippen molar-refractivity contribution in [3.63, 3.8) is 0 Å². The van der Waals surface area contributed by atoms with Crippen LogP contribution in [0.2, 0.25) is 0 Å². The van der Waals surface area contributed by atoms with Gasteiger partial charge in [-0.25, -0.2) is 0 Å². The third-order valence-corrected chi connectivity index (χ3v) is 11.0. The minimum absolute atomic E-state index is 0. The number of allylic oxidation sites excluding steroid dienone is 1. The molecule has 0 radical (unpaired) electrons. The predicted molar refractivity (Wildman–Crippen MR) is 186 cm³/mol. The van der Waals surface area contributed by atoms with Crippen molar-refractivity contribution in [1.29, 1.82) is 0 Å². The van der Waals surface area contributed by atoms with Crippen molar-refractivity contribution in [2.45, 2.75) is 6.92 Å². The van der Waals surface area contributed by atoms with Gasteiger partial charge in [0.05, 0.1) is 0 Å². The van der Waals surface area contributed by atoms with Gasteiger partial charge in [-0.1, -0.05) is 188 Å². The topological polar surface area (TPSA) is 0 Å². The molecule has 0 aliphatic rings. The molecule has 0 bridgehead atoms. The summed E-state index contributed by atoms with van der Waals surface area (Å²) < 4.78 is 0. The molecule has 0 unspecified atom stereocenters. The van der Waals surface area contributed by atoms with Crippen molar-refractivity contribution in [2.24, 2.45) is 0 Å². The first-order valence-electron chi connectivity index (χ1n) is 13.8. The van der Waals surface area contributed by atoms with E-state index in [4.69, 9.17) is 0 Å². The summed E-state index contributed by atoms with van der Waals surface area (Å²) in [6.07, 6.45) is 1.75. The average Bonchev–Trinajstić information content (AvgIpc) is 3.05. The Kier molecular flexibility index (Phi) is 14.9. The number of rotatable bonds is 6. The Hall–Kier alpha value is -3.39. The van der Waals surface area contributed by atoms with Crippen LogP contribution < -0.4 is 31.8 Å². The summed E-state index contributed by atoms with van der Waals surface area (Å²) in [5.74, 6) is 0. The van der Waals surface area contributed by atoms with Crippen molar-refractivity contribution in [1.82, 2.24) is 0 Å². The Morgan fingerprint density at radius 2 is 0.452 bits per heavy atom. The fourth-order valence-electron chi connectivity index (χ4n) is 4.36. The Morgan fingerprint density at radius 1 is 0.333 bits per heavy atom. The van der Waals surface area contributed by atoms with Crippen LogP contribution in [-0.2, 0) is 21.1 Å². The molecule has 6 rings (SSSR count). The fourth-order valence-corrected chi connectivity index (χ4v) is 8.97. The van der Waals surface area contributed by atoms with Crippen LogP contribution >= 0.6 is 15.8 Å². The van der Waals surface area contributed by atoms with Crippen LogP contribution in [0.25, 0.3) is 0 Å². The molecule has 42 heavy (non-hydrogen) atoms. The van der Waals surface area contributed by atoms with Crippen molar-refractivity contribution < 1.29 is 21.1 Å². The zero-order valence-corrected chi connectivity index (χ0v) is 27.9. The first-order valence-corrected chi connectivity index (χ1v) is 16.5. The zero-order valence-electron chi connectivity index (χ0n) is 23.8. The van der Waals surface area contributed by atoms with Crippen molar-refractivity contribution >= 4 is 47.7 Å². The summed E-state index contributed by atoms with van der Waals surface area (Å²) in [5, 5.41) is 8.39. The van der Waals surface area contributed by atoms with Crippen LogP contribution in [0.15, 0.2) is 195 Å². The molecular formula is C39H36P2Pt. The molecule has 0 atom stereocenters. The largest absolute Gasteiger partial charge is 0.103 e. The Balaban J connectivity index is 0.000000207. The standard InChI is InChI=1S/2C18H15P.C3H6.Pt/c2*1-4-10-16(11-5-1)19(17-12-6-2-7-13-17)18-14-8-3-9-15-18;1-3-2;/h2*1-15H;3H,1H2,2H3;. The van der Waals surface area contributed by atoms with Crippen LogP contribution in [0.4, 0.5) is 0 Å². The summed E-state index contributed by atoms with van der Waals surface area (Å²) in [7, 11) is -0.892. The van der Waals surface area contributed by atoms with Gasteiger partial charge in [0.2, 0.25) is 0 Å². The average molecular weight is 762 g/mol. The van der Waals surface area contributed by atoms with E-state index in [9.17, 15) is 0 Å². The second kappa shape index (κ2) is 18.9. The van der Waals surface area contributed by atoms with Crippen LogP contribution in [-0.4, -0.2) is 0 Å². The van der Waals surface area contributed by atoms with Gasteiger partial charge in [0, 0.05) is 21.1 Å². The van der Waals surface area contributed by atoms with E-state index in [1.54, 1.807) is 6.08 Å². The molecule has 6 aromatic carbocycles. The summed E-state index contributed by atoms with van der Waals surface area (Å²) in [5.41, 5.74) is 0. The smallest absolute Gasteiger partial charge is 0 e. The van der Waals surface area contributed by atoms with Gasteiger partial charge in [0.1, 0.15) is 0 Å². The molecule has 0 aliphatic heterocycles. The van der Waals surface area contributed by atoms with Gasteiger partial charge in [0.25, 0.3) is 0 Å². The normalized spacial score (nSPS) is 9.88.